The molecule has 0 aliphatic heterocycles. The van der Waals surface area contributed by atoms with Crippen molar-refractivity contribution in [2.24, 2.45) is 0 Å². The number of fused-ring (bicyclic) bond motifs is 1. The molecule has 0 bridgehead atoms. The molecule has 2 aromatic heterocycles. The number of H-pyrrole nitrogens is 1. The highest BCUT2D eigenvalue weighted by Gasteiger charge is 2.16. The van der Waals surface area contributed by atoms with E-state index in [0.717, 1.165) is 5.69 Å². The van der Waals surface area contributed by atoms with E-state index in [4.69, 9.17) is 0 Å². The maximum atomic E-state index is 11.0. The largest absolute Gasteiger partial charge is 0.375 e. The average molecular weight is 285 g/mol. The minimum absolute atomic E-state index is 0.0247. The lowest BCUT2D eigenvalue weighted by Crippen LogP contribution is -2.09. The number of pyridine rings is 1. The molecule has 2 heterocycles. The predicted molar refractivity (Wildman–Crippen MR) is 74.6 cm³/mol. The zero-order chi connectivity index (χ0) is 14.8. The number of nitrogens with one attached hydrogen (secondary N) is 2. The number of rotatable bonds is 4. The van der Waals surface area contributed by atoms with Crippen LogP contribution in [0.5, 0.6) is 0 Å². The van der Waals surface area contributed by atoms with Crippen molar-refractivity contribution in [2.75, 3.05) is 5.32 Å². The van der Waals surface area contributed by atoms with Crippen molar-refractivity contribution in [3.63, 3.8) is 0 Å². The Balaban J connectivity index is 2.03. The minimum Gasteiger partial charge on any atom is -0.375 e. The second-order valence-electron chi connectivity index (χ2n) is 4.42. The second-order valence-corrected chi connectivity index (χ2v) is 4.42. The molecule has 0 amide bonds. The highest BCUT2D eigenvalue weighted by atomic mass is 16.6. The van der Waals surface area contributed by atoms with Crippen LogP contribution in [0.3, 0.4) is 0 Å². The highest BCUT2D eigenvalue weighted by molar-refractivity contribution is 5.96. The first-order chi connectivity index (χ1) is 10.2. The fourth-order valence-electron chi connectivity index (χ4n) is 2.08. The van der Waals surface area contributed by atoms with Crippen LogP contribution >= 0.6 is 0 Å². The van der Waals surface area contributed by atoms with Gasteiger partial charge in [-0.25, -0.2) is 4.98 Å². The third-order valence-corrected chi connectivity index (χ3v) is 3.07. The minimum atomic E-state index is -0.443. The Morgan fingerprint density at radius 3 is 2.95 bits per heavy atom. The topological polar surface area (TPSA) is 123 Å². The summed E-state index contributed by atoms with van der Waals surface area (Å²) in [6.45, 7) is 1.87. The molecule has 21 heavy (non-hydrogen) atoms. The van der Waals surface area contributed by atoms with E-state index >= 15 is 0 Å². The molecule has 0 saturated heterocycles. The molecule has 0 saturated carbocycles. The van der Waals surface area contributed by atoms with Crippen molar-refractivity contribution in [1.82, 2.24) is 25.6 Å². The van der Waals surface area contributed by atoms with Gasteiger partial charge in [0.05, 0.1) is 11.0 Å². The molecule has 2 N–H and O–H groups in total. The number of nitro benzene ring substituents is 1. The van der Waals surface area contributed by atoms with Crippen LogP contribution in [0, 0.1) is 10.1 Å². The van der Waals surface area contributed by atoms with E-state index < -0.39 is 4.92 Å². The van der Waals surface area contributed by atoms with E-state index in [2.05, 4.69) is 30.9 Å². The first-order valence-electron chi connectivity index (χ1n) is 6.19. The van der Waals surface area contributed by atoms with E-state index in [1.807, 2.05) is 6.92 Å². The van der Waals surface area contributed by atoms with E-state index in [9.17, 15) is 10.1 Å². The van der Waals surface area contributed by atoms with Crippen molar-refractivity contribution < 1.29 is 4.92 Å². The molecule has 106 valence electrons. The lowest BCUT2D eigenvalue weighted by atomic mass is 10.1. The van der Waals surface area contributed by atoms with Gasteiger partial charge in [-0.1, -0.05) is 17.3 Å². The number of non-ortho nitro benzene ring substituents is 1. The van der Waals surface area contributed by atoms with Crippen LogP contribution in [0.2, 0.25) is 0 Å². The van der Waals surface area contributed by atoms with Crippen molar-refractivity contribution in [2.45, 2.75) is 13.0 Å². The third-order valence-electron chi connectivity index (χ3n) is 3.07. The van der Waals surface area contributed by atoms with Crippen LogP contribution < -0.4 is 5.32 Å². The standard InChI is InChI=1S/C12H11N7O2/c1-7(12-15-17-18-16-12)14-9-5-6-13-11-8(9)3-2-4-10(11)19(20)21/h2-7H,1H3,(H,13,14)(H,15,16,17,18). The van der Waals surface area contributed by atoms with Gasteiger partial charge < -0.3 is 5.32 Å². The number of tetrazole rings is 1. The molecule has 9 heteroatoms. The van der Waals surface area contributed by atoms with E-state index in [-0.39, 0.29) is 11.7 Å². The number of anilines is 1. The highest BCUT2D eigenvalue weighted by Crippen LogP contribution is 2.30. The normalized spacial score (nSPS) is 12.2. The first-order valence-corrected chi connectivity index (χ1v) is 6.19. The van der Waals surface area contributed by atoms with Crippen LogP contribution in [-0.4, -0.2) is 30.5 Å². The molecule has 0 aliphatic carbocycles. The average Bonchev–Trinajstić information content (AvgIpc) is 3.01. The number of hydrogen-bond acceptors (Lipinski definition) is 7. The Labute approximate surface area is 118 Å². The van der Waals surface area contributed by atoms with Crippen molar-refractivity contribution >= 4 is 22.3 Å². The Kier molecular flexibility index (Phi) is 3.14. The van der Waals surface area contributed by atoms with Gasteiger partial charge in [-0.2, -0.15) is 5.21 Å². The van der Waals surface area contributed by atoms with Crippen molar-refractivity contribution in [3.8, 4) is 0 Å². The van der Waals surface area contributed by atoms with Crippen LogP contribution in [0.4, 0.5) is 11.4 Å². The monoisotopic (exact) mass is 285 g/mol. The number of aromatic nitrogens is 5. The van der Waals surface area contributed by atoms with Gasteiger partial charge in [0, 0.05) is 23.3 Å². The summed E-state index contributed by atoms with van der Waals surface area (Å²) < 4.78 is 0. The maximum absolute atomic E-state index is 11.0. The van der Waals surface area contributed by atoms with Gasteiger partial charge in [0.2, 0.25) is 0 Å². The summed E-state index contributed by atoms with van der Waals surface area (Å²) in [5, 5.41) is 28.6. The molecule has 1 aromatic carbocycles. The van der Waals surface area contributed by atoms with Crippen LogP contribution in [0.1, 0.15) is 18.8 Å². The van der Waals surface area contributed by atoms with Crippen molar-refractivity contribution in [1.29, 1.82) is 0 Å². The maximum Gasteiger partial charge on any atom is 0.295 e. The van der Waals surface area contributed by atoms with E-state index in [1.54, 1.807) is 18.2 Å². The van der Waals surface area contributed by atoms with Gasteiger partial charge in [-0.05, 0) is 13.0 Å². The third kappa shape index (κ3) is 2.36. The molecule has 3 rings (SSSR count). The summed E-state index contributed by atoms with van der Waals surface area (Å²) in [6, 6.07) is 6.39. The number of para-hydroxylation sites is 1. The molecular formula is C12H11N7O2. The molecule has 1 atom stereocenters. The summed E-state index contributed by atoms with van der Waals surface area (Å²) in [5.41, 5.74) is 1.04. The summed E-state index contributed by atoms with van der Waals surface area (Å²) in [4.78, 5) is 14.7. The number of nitrogens with zero attached hydrogens (tertiary/aromatic N) is 5. The molecule has 0 aliphatic rings. The Morgan fingerprint density at radius 1 is 1.38 bits per heavy atom. The molecule has 9 nitrogen and oxygen atoms in total. The number of benzene rings is 1. The summed E-state index contributed by atoms with van der Waals surface area (Å²) >= 11 is 0. The SMILES string of the molecule is CC(Nc1ccnc2c([N+](=O)[O-])cccc12)c1nn[nH]n1. The van der Waals surface area contributed by atoms with Crippen LogP contribution in [0.15, 0.2) is 30.5 Å². The Hall–Kier alpha value is -3.10. The second kappa shape index (κ2) is 5.12. The number of hydrogen-bond donors (Lipinski definition) is 2. The molecule has 1 unspecified atom stereocenters. The zero-order valence-electron chi connectivity index (χ0n) is 11.0. The van der Waals surface area contributed by atoms with Crippen LogP contribution in [0.25, 0.3) is 10.9 Å². The van der Waals surface area contributed by atoms with Gasteiger partial charge in [0.15, 0.2) is 5.82 Å². The van der Waals surface area contributed by atoms with Gasteiger partial charge in [0.1, 0.15) is 5.52 Å². The smallest absolute Gasteiger partial charge is 0.295 e. The van der Waals surface area contributed by atoms with E-state index in [1.165, 1.54) is 12.3 Å². The Morgan fingerprint density at radius 2 is 2.24 bits per heavy atom. The lowest BCUT2D eigenvalue weighted by Gasteiger charge is -2.13. The van der Waals surface area contributed by atoms with Gasteiger partial charge >= 0.3 is 0 Å². The summed E-state index contributed by atoms with van der Waals surface area (Å²) in [5.74, 6) is 0.505. The fourth-order valence-corrected chi connectivity index (χ4v) is 2.08. The van der Waals surface area contributed by atoms with Gasteiger partial charge in [-0.15, -0.1) is 10.2 Å². The van der Waals surface area contributed by atoms with Gasteiger partial charge in [0.25, 0.3) is 5.69 Å². The fraction of sp³-hybridized carbons (Fsp3) is 0.167. The quantitative estimate of drug-likeness (QED) is 0.553. The van der Waals surface area contributed by atoms with Crippen molar-refractivity contribution in [3.05, 3.63) is 46.4 Å². The molecule has 0 radical (unpaired) electrons. The van der Waals surface area contributed by atoms with E-state index in [0.29, 0.717) is 16.7 Å². The molecule has 0 fully saturated rings. The predicted octanol–water partition coefficient (Wildman–Crippen LogP) is 1.83. The zero-order valence-corrected chi connectivity index (χ0v) is 11.0. The molecule has 3 aromatic rings. The van der Waals surface area contributed by atoms with Crippen LogP contribution in [-0.2, 0) is 0 Å². The summed E-state index contributed by atoms with van der Waals surface area (Å²) in [7, 11) is 0. The molecule has 0 spiro atoms. The number of aromatic amines is 1. The first kappa shape index (κ1) is 12.9. The molecular weight excluding hydrogens is 274 g/mol. The van der Waals surface area contributed by atoms with Gasteiger partial charge in [-0.3, -0.25) is 10.1 Å². The Bertz CT molecular complexity index is 787. The summed E-state index contributed by atoms with van der Waals surface area (Å²) in [6.07, 6.45) is 1.53. The lowest BCUT2D eigenvalue weighted by molar-refractivity contribution is -0.383. The number of nitro groups is 1.